The molecule has 2 rings (SSSR count). The smallest absolute Gasteiger partial charge is 0.466 e. The number of carbonyl (C=O) groups is 2. The number of esters is 1. The number of carbonyl (C=O) groups excluding carboxylic acids is 2. The highest BCUT2D eigenvalue weighted by molar-refractivity contribution is 6.48. The summed E-state index contributed by atoms with van der Waals surface area (Å²) in [7, 11) is -0.625. The molecule has 1 aromatic rings. The van der Waals surface area contributed by atoms with E-state index in [1.54, 1.807) is 19.1 Å². The van der Waals surface area contributed by atoms with Gasteiger partial charge in [0.25, 0.3) is 0 Å². The van der Waals surface area contributed by atoms with Gasteiger partial charge in [0.15, 0.2) is 0 Å². The first-order valence-corrected chi connectivity index (χ1v) is 8.27. The van der Waals surface area contributed by atoms with Crippen molar-refractivity contribution in [1.29, 1.82) is 0 Å². The zero-order valence-corrected chi connectivity index (χ0v) is 15.0. The predicted octanol–water partition coefficient (Wildman–Crippen LogP) is 3.17. The van der Waals surface area contributed by atoms with Crippen LogP contribution in [0, 0.1) is 0 Å². The van der Waals surface area contributed by atoms with Crippen molar-refractivity contribution >= 4 is 19.4 Å². The number of aldehydes is 1. The van der Waals surface area contributed by atoms with Crippen LogP contribution in [0.15, 0.2) is 24.3 Å². The van der Waals surface area contributed by atoms with E-state index in [0.29, 0.717) is 12.2 Å². The molecule has 1 atom stereocenters. The van der Waals surface area contributed by atoms with E-state index in [9.17, 15) is 9.59 Å². The summed E-state index contributed by atoms with van der Waals surface area (Å²) >= 11 is 0. The predicted molar refractivity (Wildman–Crippen MR) is 91.9 cm³/mol. The summed E-state index contributed by atoms with van der Waals surface area (Å²) in [6.45, 7) is 9.91. The van der Waals surface area contributed by atoms with Crippen LogP contribution in [0.1, 0.15) is 62.8 Å². The van der Waals surface area contributed by atoms with E-state index in [1.165, 1.54) is 0 Å². The van der Waals surface area contributed by atoms with Gasteiger partial charge in [0, 0.05) is 11.4 Å². The van der Waals surface area contributed by atoms with Crippen molar-refractivity contribution in [3.8, 4) is 0 Å². The molecule has 1 heterocycles. The third-order valence-corrected chi connectivity index (χ3v) is 4.81. The molecular weight excluding hydrogens is 307 g/mol. The maximum atomic E-state index is 12.1. The Morgan fingerprint density at radius 3 is 2.33 bits per heavy atom. The summed E-state index contributed by atoms with van der Waals surface area (Å²) in [5.41, 5.74) is 0.238. The first-order valence-electron chi connectivity index (χ1n) is 8.27. The second-order valence-electron chi connectivity index (χ2n) is 6.99. The van der Waals surface area contributed by atoms with Crippen LogP contribution in [-0.4, -0.2) is 37.2 Å². The van der Waals surface area contributed by atoms with E-state index in [0.717, 1.165) is 11.8 Å². The second kappa shape index (κ2) is 7.07. The van der Waals surface area contributed by atoms with E-state index in [-0.39, 0.29) is 12.4 Å². The van der Waals surface area contributed by atoms with Gasteiger partial charge in [0.05, 0.1) is 24.2 Å². The van der Waals surface area contributed by atoms with E-state index < -0.39 is 24.1 Å². The average molecular weight is 332 g/mol. The number of rotatable bonds is 6. The van der Waals surface area contributed by atoms with Gasteiger partial charge >= 0.3 is 13.1 Å². The fraction of sp³-hybridized carbons (Fsp3) is 0.556. The Labute approximate surface area is 143 Å². The molecule has 6 heteroatoms. The molecule has 5 nitrogen and oxygen atoms in total. The lowest BCUT2D eigenvalue weighted by atomic mass is 9.65. The highest BCUT2D eigenvalue weighted by Gasteiger charge is 2.54. The van der Waals surface area contributed by atoms with Gasteiger partial charge in [0.2, 0.25) is 0 Å². The van der Waals surface area contributed by atoms with Crippen molar-refractivity contribution in [1.82, 2.24) is 0 Å². The van der Waals surface area contributed by atoms with E-state index in [4.69, 9.17) is 14.0 Å². The van der Waals surface area contributed by atoms with Crippen LogP contribution >= 0.6 is 0 Å². The van der Waals surface area contributed by atoms with Gasteiger partial charge in [0.1, 0.15) is 6.29 Å². The van der Waals surface area contributed by atoms with Crippen LogP contribution in [0.2, 0.25) is 0 Å². The molecule has 1 unspecified atom stereocenters. The fourth-order valence-corrected chi connectivity index (χ4v) is 2.76. The maximum Gasteiger partial charge on any atom is 0.466 e. The molecule has 1 aliphatic heterocycles. The van der Waals surface area contributed by atoms with E-state index >= 15 is 0 Å². The van der Waals surface area contributed by atoms with Gasteiger partial charge in [-0.3, -0.25) is 9.59 Å². The van der Waals surface area contributed by atoms with Gasteiger partial charge in [-0.05, 0) is 40.2 Å². The lowest BCUT2D eigenvalue weighted by Crippen LogP contribution is -2.41. The Balaban J connectivity index is 2.37. The Morgan fingerprint density at radius 2 is 1.79 bits per heavy atom. The topological polar surface area (TPSA) is 61.8 Å². The largest absolute Gasteiger partial charge is 0.466 e. The summed E-state index contributed by atoms with van der Waals surface area (Å²) in [5.74, 6) is -0.746. The van der Waals surface area contributed by atoms with Crippen LogP contribution in [0.25, 0.3) is 0 Å². The van der Waals surface area contributed by atoms with Crippen LogP contribution in [-0.2, 0) is 18.8 Å². The molecule has 0 aromatic heterocycles. The summed E-state index contributed by atoms with van der Waals surface area (Å²) in [4.78, 5) is 23.5. The molecule has 0 spiro atoms. The quantitative estimate of drug-likeness (QED) is 0.455. The molecule has 0 radical (unpaired) electrons. The Hall–Kier alpha value is -1.66. The van der Waals surface area contributed by atoms with E-state index in [1.807, 2.05) is 39.8 Å². The van der Waals surface area contributed by atoms with Crippen LogP contribution in [0.3, 0.4) is 0 Å². The molecule has 1 aliphatic rings. The molecule has 0 bridgehead atoms. The molecule has 1 aromatic carbocycles. The summed E-state index contributed by atoms with van der Waals surface area (Å²) in [6.07, 6.45) is 0.883. The third-order valence-electron chi connectivity index (χ3n) is 4.81. The number of hydrogen-bond acceptors (Lipinski definition) is 5. The molecule has 1 saturated heterocycles. The van der Waals surface area contributed by atoms with Gasteiger partial charge in [-0.15, -0.1) is 0 Å². The van der Waals surface area contributed by atoms with Crippen molar-refractivity contribution in [2.45, 2.75) is 58.1 Å². The van der Waals surface area contributed by atoms with Crippen molar-refractivity contribution in [2.24, 2.45) is 0 Å². The molecule has 0 saturated carbocycles. The fourth-order valence-electron chi connectivity index (χ4n) is 2.76. The number of benzene rings is 1. The Morgan fingerprint density at radius 1 is 1.21 bits per heavy atom. The SMILES string of the molecule is CCOC(=O)CC(B1OC(C)(C)C(C)(C)O1)c1ccccc1C=O. The molecule has 24 heavy (non-hydrogen) atoms. The minimum absolute atomic E-state index is 0.0928. The third kappa shape index (κ3) is 3.70. The lowest BCUT2D eigenvalue weighted by molar-refractivity contribution is -0.143. The molecule has 1 fully saturated rings. The zero-order chi connectivity index (χ0) is 18.0. The normalized spacial score (nSPS) is 19.8. The van der Waals surface area contributed by atoms with Crippen molar-refractivity contribution < 1.29 is 23.6 Å². The van der Waals surface area contributed by atoms with Crippen LogP contribution < -0.4 is 0 Å². The van der Waals surface area contributed by atoms with Gasteiger partial charge in [-0.2, -0.15) is 0 Å². The summed E-state index contributed by atoms with van der Waals surface area (Å²) < 4.78 is 17.3. The molecule has 0 N–H and O–H groups in total. The molecule has 0 aliphatic carbocycles. The Kier molecular flexibility index (Phi) is 5.50. The minimum atomic E-state index is -0.625. The second-order valence-corrected chi connectivity index (χ2v) is 6.99. The highest BCUT2D eigenvalue weighted by atomic mass is 16.7. The van der Waals surface area contributed by atoms with Crippen molar-refractivity contribution in [2.75, 3.05) is 6.61 Å². The van der Waals surface area contributed by atoms with Crippen molar-refractivity contribution in [3.05, 3.63) is 35.4 Å². The molecule has 0 amide bonds. The highest BCUT2D eigenvalue weighted by Crippen LogP contribution is 2.42. The minimum Gasteiger partial charge on any atom is -0.466 e. The average Bonchev–Trinajstić information content (AvgIpc) is 2.73. The zero-order valence-electron chi connectivity index (χ0n) is 15.0. The Bertz CT molecular complexity index is 595. The number of ether oxygens (including phenoxy) is 1. The van der Waals surface area contributed by atoms with Crippen LogP contribution in [0.4, 0.5) is 0 Å². The van der Waals surface area contributed by atoms with Gasteiger partial charge < -0.3 is 14.0 Å². The van der Waals surface area contributed by atoms with Crippen molar-refractivity contribution in [3.63, 3.8) is 0 Å². The van der Waals surface area contributed by atoms with Gasteiger partial charge in [-0.25, -0.2) is 0 Å². The summed E-state index contributed by atoms with van der Waals surface area (Å²) in [5, 5.41) is 0. The first kappa shape index (κ1) is 18.7. The molecular formula is C18H25BO5. The standard InChI is InChI=1S/C18H25BO5/c1-6-22-16(21)11-15(14-10-8-7-9-13(14)12-20)19-23-17(2,3)18(4,5)24-19/h7-10,12,15H,6,11H2,1-5H3. The molecule has 130 valence electrons. The first-order chi connectivity index (χ1) is 11.2. The van der Waals surface area contributed by atoms with Gasteiger partial charge in [-0.1, -0.05) is 24.3 Å². The maximum absolute atomic E-state index is 12.1. The summed E-state index contributed by atoms with van der Waals surface area (Å²) in [6, 6.07) is 7.19. The lowest BCUT2D eigenvalue weighted by Gasteiger charge is -2.32. The van der Waals surface area contributed by atoms with Crippen LogP contribution in [0.5, 0.6) is 0 Å². The van der Waals surface area contributed by atoms with E-state index in [2.05, 4.69) is 0 Å². The monoisotopic (exact) mass is 332 g/mol. The number of hydrogen-bond donors (Lipinski definition) is 0.